The molecule has 3 heterocycles. The second-order valence-corrected chi connectivity index (χ2v) is 7.92. The number of piperidine rings is 1. The van der Waals surface area contributed by atoms with E-state index in [1.165, 1.54) is 6.42 Å². The van der Waals surface area contributed by atoms with Gasteiger partial charge >= 0.3 is 0 Å². The molecule has 0 aromatic rings. The Morgan fingerprint density at radius 3 is 2.67 bits per heavy atom. The monoisotopic (exact) mass is 336 g/mol. The van der Waals surface area contributed by atoms with E-state index in [4.69, 9.17) is 0 Å². The number of hydrogen-bond donors (Lipinski definition) is 0. The van der Waals surface area contributed by atoms with Crippen LogP contribution in [0.15, 0.2) is 0 Å². The Morgan fingerprint density at radius 2 is 1.83 bits per heavy atom. The highest BCUT2D eigenvalue weighted by Gasteiger charge is 2.48. The van der Waals surface area contributed by atoms with Crippen LogP contribution in [-0.4, -0.2) is 97.9 Å². The van der Waals surface area contributed by atoms with Gasteiger partial charge in [0.05, 0.1) is 5.41 Å². The highest BCUT2D eigenvalue weighted by atomic mass is 16.2. The van der Waals surface area contributed by atoms with Crippen LogP contribution in [-0.2, 0) is 9.59 Å². The molecule has 2 amide bonds. The van der Waals surface area contributed by atoms with Gasteiger partial charge in [0.1, 0.15) is 0 Å². The van der Waals surface area contributed by atoms with Crippen molar-refractivity contribution in [3.8, 4) is 0 Å². The highest BCUT2D eigenvalue weighted by molar-refractivity contribution is 5.86. The molecule has 0 N–H and O–H groups in total. The van der Waals surface area contributed by atoms with Crippen LogP contribution >= 0.6 is 0 Å². The Bertz CT molecular complexity index is 484. The van der Waals surface area contributed by atoms with Crippen molar-refractivity contribution in [3.63, 3.8) is 0 Å². The Morgan fingerprint density at radius 1 is 1.00 bits per heavy atom. The molecule has 6 heteroatoms. The number of hydrogen-bond acceptors (Lipinski definition) is 4. The maximum absolute atomic E-state index is 12.6. The largest absolute Gasteiger partial charge is 0.345 e. The van der Waals surface area contributed by atoms with E-state index in [0.717, 1.165) is 65.1 Å². The molecule has 3 saturated heterocycles. The summed E-state index contributed by atoms with van der Waals surface area (Å²) >= 11 is 0. The zero-order chi connectivity index (χ0) is 17.2. The van der Waals surface area contributed by atoms with Crippen molar-refractivity contribution in [1.29, 1.82) is 0 Å². The van der Waals surface area contributed by atoms with Crippen LogP contribution < -0.4 is 0 Å². The van der Waals surface area contributed by atoms with E-state index in [2.05, 4.69) is 16.8 Å². The summed E-state index contributed by atoms with van der Waals surface area (Å²) < 4.78 is 0. The van der Waals surface area contributed by atoms with Crippen LogP contribution in [0.3, 0.4) is 0 Å². The van der Waals surface area contributed by atoms with Gasteiger partial charge in [-0.15, -0.1) is 0 Å². The number of carbonyl (C=O) groups excluding carboxylic acids is 2. The van der Waals surface area contributed by atoms with Crippen LogP contribution in [0.2, 0.25) is 0 Å². The fraction of sp³-hybridized carbons (Fsp3) is 0.889. The summed E-state index contributed by atoms with van der Waals surface area (Å²) in [5.41, 5.74) is -0.284. The summed E-state index contributed by atoms with van der Waals surface area (Å²) in [7, 11) is 4.06. The Labute approximate surface area is 145 Å². The van der Waals surface area contributed by atoms with Gasteiger partial charge in [0.25, 0.3) is 0 Å². The first kappa shape index (κ1) is 17.7. The van der Waals surface area contributed by atoms with Gasteiger partial charge in [-0.25, -0.2) is 0 Å². The molecule has 6 nitrogen and oxygen atoms in total. The second kappa shape index (κ2) is 7.40. The lowest BCUT2D eigenvalue weighted by Crippen LogP contribution is -2.48. The first-order valence-corrected chi connectivity index (χ1v) is 9.44. The average molecular weight is 336 g/mol. The molecule has 3 fully saturated rings. The van der Waals surface area contributed by atoms with E-state index in [1.807, 2.05) is 16.8 Å². The SMILES string of the molecule is CN1CCCN(CCC(=O)N2CCC3(CCCN(C)C3=O)C2)CC1. The van der Waals surface area contributed by atoms with E-state index < -0.39 is 0 Å². The summed E-state index contributed by atoms with van der Waals surface area (Å²) in [6.45, 7) is 7.47. The fourth-order valence-electron chi connectivity index (χ4n) is 4.47. The number of amides is 2. The minimum Gasteiger partial charge on any atom is -0.345 e. The first-order chi connectivity index (χ1) is 11.5. The second-order valence-electron chi connectivity index (χ2n) is 7.92. The fourth-order valence-corrected chi connectivity index (χ4v) is 4.47. The predicted octanol–water partition coefficient (Wildman–Crippen LogP) is 0.485. The van der Waals surface area contributed by atoms with Crippen LogP contribution in [0.5, 0.6) is 0 Å². The van der Waals surface area contributed by atoms with Gasteiger partial charge in [0.15, 0.2) is 0 Å². The number of nitrogens with zero attached hydrogens (tertiary/aromatic N) is 4. The molecule has 136 valence electrons. The van der Waals surface area contributed by atoms with Gasteiger partial charge < -0.3 is 19.6 Å². The highest BCUT2D eigenvalue weighted by Crippen LogP contribution is 2.39. The molecule has 0 bridgehead atoms. The Kier molecular flexibility index (Phi) is 5.45. The molecule has 24 heavy (non-hydrogen) atoms. The lowest BCUT2D eigenvalue weighted by Gasteiger charge is -2.37. The van der Waals surface area contributed by atoms with Gasteiger partial charge in [-0.2, -0.15) is 0 Å². The van der Waals surface area contributed by atoms with Crippen molar-refractivity contribution in [3.05, 3.63) is 0 Å². The van der Waals surface area contributed by atoms with Crippen LogP contribution in [0.4, 0.5) is 0 Å². The van der Waals surface area contributed by atoms with Crippen molar-refractivity contribution in [2.24, 2.45) is 5.41 Å². The van der Waals surface area contributed by atoms with Crippen molar-refractivity contribution in [2.75, 3.05) is 66.5 Å². The Hall–Kier alpha value is -1.14. The summed E-state index contributed by atoms with van der Waals surface area (Å²) in [5.74, 6) is 0.477. The molecule has 0 saturated carbocycles. The third-order valence-electron chi connectivity index (χ3n) is 6.11. The van der Waals surface area contributed by atoms with Crippen molar-refractivity contribution < 1.29 is 9.59 Å². The van der Waals surface area contributed by atoms with Gasteiger partial charge in [-0.3, -0.25) is 9.59 Å². The van der Waals surface area contributed by atoms with Crippen molar-refractivity contribution in [2.45, 2.75) is 32.1 Å². The zero-order valence-corrected chi connectivity index (χ0v) is 15.3. The zero-order valence-electron chi connectivity index (χ0n) is 15.3. The molecule has 1 atom stereocenters. The molecule has 3 rings (SSSR count). The van der Waals surface area contributed by atoms with Crippen molar-refractivity contribution in [1.82, 2.24) is 19.6 Å². The summed E-state index contributed by atoms with van der Waals surface area (Å²) in [4.78, 5) is 33.7. The molecule has 3 aliphatic heterocycles. The number of likely N-dealkylation sites (N-methyl/N-ethyl adjacent to an activating group) is 1. The van der Waals surface area contributed by atoms with E-state index in [1.54, 1.807) is 0 Å². The van der Waals surface area contributed by atoms with Gasteiger partial charge in [0.2, 0.25) is 11.8 Å². The average Bonchev–Trinajstić information content (AvgIpc) is 2.88. The summed E-state index contributed by atoms with van der Waals surface area (Å²) in [5, 5.41) is 0. The molecule has 3 aliphatic rings. The quantitative estimate of drug-likeness (QED) is 0.752. The molecular formula is C18H32N4O2. The standard InChI is InChI=1S/C18H32N4O2/c1-19-8-4-10-21(14-13-19)11-5-16(23)22-12-7-18(15-22)6-3-9-20(2)17(18)24/h3-15H2,1-2H3. The molecule has 1 spiro atoms. The Balaban J connectivity index is 1.49. The number of carbonyl (C=O) groups is 2. The first-order valence-electron chi connectivity index (χ1n) is 9.44. The van der Waals surface area contributed by atoms with Crippen LogP contribution in [0.25, 0.3) is 0 Å². The van der Waals surface area contributed by atoms with Crippen LogP contribution in [0, 0.1) is 5.41 Å². The summed E-state index contributed by atoms with van der Waals surface area (Å²) in [6.07, 6.45) is 4.61. The molecule has 0 aromatic heterocycles. The van der Waals surface area contributed by atoms with E-state index in [0.29, 0.717) is 13.0 Å². The molecule has 1 unspecified atom stereocenters. The number of rotatable bonds is 3. The van der Waals surface area contributed by atoms with E-state index in [9.17, 15) is 9.59 Å². The topological polar surface area (TPSA) is 47.1 Å². The molecule has 0 aromatic carbocycles. The van der Waals surface area contributed by atoms with Gasteiger partial charge in [-0.05, 0) is 45.8 Å². The minimum absolute atomic E-state index is 0.227. The third kappa shape index (κ3) is 3.75. The predicted molar refractivity (Wildman–Crippen MR) is 93.7 cm³/mol. The normalized spacial score (nSPS) is 30.2. The van der Waals surface area contributed by atoms with Crippen LogP contribution in [0.1, 0.15) is 32.1 Å². The molecule has 0 radical (unpaired) electrons. The third-order valence-corrected chi connectivity index (χ3v) is 6.11. The smallest absolute Gasteiger partial charge is 0.230 e. The lowest BCUT2D eigenvalue weighted by atomic mass is 9.78. The van der Waals surface area contributed by atoms with Gasteiger partial charge in [-0.1, -0.05) is 0 Å². The van der Waals surface area contributed by atoms with Gasteiger partial charge in [0, 0.05) is 52.7 Å². The van der Waals surface area contributed by atoms with E-state index in [-0.39, 0.29) is 17.2 Å². The number of likely N-dealkylation sites (tertiary alicyclic amines) is 2. The maximum Gasteiger partial charge on any atom is 0.230 e. The lowest BCUT2D eigenvalue weighted by molar-refractivity contribution is -0.144. The molecular weight excluding hydrogens is 304 g/mol. The maximum atomic E-state index is 12.6. The summed E-state index contributed by atoms with van der Waals surface area (Å²) in [6, 6.07) is 0. The minimum atomic E-state index is -0.284. The van der Waals surface area contributed by atoms with Crippen molar-refractivity contribution >= 4 is 11.8 Å². The van der Waals surface area contributed by atoms with E-state index >= 15 is 0 Å². The molecule has 0 aliphatic carbocycles.